The lowest BCUT2D eigenvalue weighted by Crippen LogP contribution is -2.15. The maximum Gasteiger partial charge on any atom is 0.337 e. The second-order valence-electron chi connectivity index (χ2n) is 4.44. The van der Waals surface area contributed by atoms with Crippen molar-refractivity contribution in [3.63, 3.8) is 0 Å². The van der Waals surface area contributed by atoms with Crippen molar-refractivity contribution in [3.05, 3.63) is 57.6 Å². The second kappa shape index (κ2) is 5.97. The lowest BCUT2D eigenvalue weighted by molar-refractivity contribution is 0.0698. The molecule has 0 aliphatic rings. The summed E-state index contributed by atoms with van der Waals surface area (Å²) in [6.45, 7) is 1.79. The first-order valence-corrected chi connectivity index (χ1v) is 6.82. The Kier molecular flexibility index (Phi) is 4.28. The number of carboxylic acids is 1. The number of anilines is 1. The smallest absolute Gasteiger partial charge is 0.337 e. The lowest BCUT2D eigenvalue weighted by Gasteiger charge is -2.11. The monoisotopic (exact) mass is 349 g/mol. The van der Waals surface area contributed by atoms with Crippen molar-refractivity contribution >= 4 is 33.5 Å². The molecule has 0 aliphatic carbocycles. The van der Waals surface area contributed by atoms with Crippen LogP contribution in [0.1, 0.15) is 26.3 Å². The fourth-order valence-electron chi connectivity index (χ4n) is 1.84. The molecule has 0 radical (unpaired) electrons. The Labute approximate surface area is 129 Å². The van der Waals surface area contributed by atoms with Crippen molar-refractivity contribution in [2.24, 2.45) is 0 Å². The lowest BCUT2D eigenvalue weighted by atomic mass is 10.1. The fraction of sp³-hybridized carbons (Fsp3) is 0.0667. The SMILES string of the molecule is Cc1ccc(O)c(C(=O)Nc2c(Br)cccc2C(=O)O)c1. The van der Waals surface area contributed by atoms with Crippen molar-refractivity contribution in [1.82, 2.24) is 0 Å². The molecule has 0 atom stereocenters. The van der Waals surface area contributed by atoms with Crippen LogP contribution in [0.4, 0.5) is 5.69 Å². The number of hydrogen-bond donors (Lipinski definition) is 3. The van der Waals surface area contributed by atoms with Crippen LogP contribution < -0.4 is 5.32 Å². The molecule has 1 amide bonds. The molecule has 0 bridgehead atoms. The average molecular weight is 350 g/mol. The summed E-state index contributed by atoms with van der Waals surface area (Å²) in [5.74, 6) is -1.90. The number of carboxylic acid groups (broad SMARTS) is 1. The van der Waals surface area contributed by atoms with Crippen LogP contribution in [0.3, 0.4) is 0 Å². The molecule has 0 aromatic heterocycles. The van der Waals surface area contributed by atoms with Gasteiger partial charge in [0.05, 0.1) is 16.8 Å². The van der Waals surface area contributed by atoms with Gasteiger partial charge in [0, 0.05) is 4.47 Å². The fourth-order valence-corrected chi connectivity index (χ4v) is 2.31. The van der Waals surface area contributed by atoms with Crippen molar-refractivity contribution in [1.29, 1.82) is 0 Å². The van der Waals surface area contributed by atoms with Gasteiger partial charge in [0.1, 0.15) is 5.75 Å². The van der Waals surface area contributed by atoms with Gasteiger partial charge in [0.15, 0.2) is 0 Å². The number of aromatic hydroxyl groups is 1. The normalized spacial score (nSPS) is 10.2. The van der Waals surface area contributed by atoms with E-state index in [-0.39, 0.29) is 22.6 Å². The summed E-state index contributed by atoms with van der Waals surface area (Å²) in [6, 6.07) is 9.20. The largest absolute Gasteiger partial charge is 0.507 e. The quantitative estimate of drug-likeness (QED) is 0.792. The molecular formula is C15H12BrNO4. The minimum atomic E-state index is -1.15. The number of phenols is 1. The Morgan fingerprint density at radius 1 is 1.14 bits per heavy atom. The number of carbonyl (C=O) groups excluding carboxylic acids is 1. The molecule has 2 rings (SSSR count). The van der Waals surface area contributed by atoms with E-state index < -0.39 is 11.9 Å². The second-order valence-corrected chi connectivity index (χ2v) is 5.30. The first-order valence-electron chi connectivity index (χ1n) is 6.03. The van der Waals surface area contributed by atoms with E-state index in [4.69, 9.17) is 5.11 Å². The Morgan fingerprint density at radius 3 is 2.52 bits per heavy atom. The third-order valence-corrected chi connectivity index (χ3v) is 3.54. The highest BCUT2D eigenvalue weighted by Crippen LogP contribution is 2.28. The van der Waals surface area contributed by atoms with Gasteiger partial charge in [-0.3, -0.25) is 4.79 Å². The molecule has 0 aliphatic heterocycles. The summed E-state index contributed by atoms with van der Waals surface area (Å²) in [6.07, 6.45) is 0. The molecule has 108 valence electrons. The van der Waals surface area contributed by atoms with E-state index >= 15 is 0 Å². The zero-order valence-electron chi connectivity index (χ0n) is 11.1. The van der Waals surface area contributed by atoms with E-state index in [9.17, 15) is 14.7 Å². The number of aryl methyl sites for hydroxylation is 1. The first-order chi connectivity index (χ1) is 9.90. The highest BCUT2D eigenvalue weighted by molar-refractivity contribution is 9.10. The molecule has 0 unspecified atom stereocenters. The number of nitrogens with one attached hydrogen (secondary N) is 1. The van der Waals surface area contributed by atoms with Gasteiger partial charge in [-0.25, -0.2) is 4.79 Å². The van der Waals surface area contributed by atoms with E-state index in [2.05, 4.69) is 21.2 Å². The highest BCUT2D eigenvalue weighted by atomic mass is 79.9. The number of aromatic carboxylic acids is 1. The van der Waals surface area contributed by atoms with E-state index in [0.29, 0.717) is 4.47 Å². The summed E-state index contributed by atoms with van der Waals surface area (Å²) >= 11 is 3.21. The molecule has 0 spiro atoms. The maximum absolute atomic E-state index is 12.2. The standard InChI is InChI=1S/C15H12BrNO4/c1-8-5-6-12(18)10(7-8)14(19)17-13-9(15(20)21)3-2-4-11(13)16/h2-7,18H,1H3,(H,17,19)(H,20,21). The number of hydrogen-bond acceptors (Lipinski definition) is 3. The molecule has 0 saturated carbocycles. The molecule has 3 N–H and O–H groups in total. The number of benzene rings is 2. The molecule has 0 heterocycles. The van der Waals surface area contributed by atoms with E-state index in [1.54, 1.807) is 25.1 Å². The van der Waals surface area contributed by atoms with Crippen molar-refractivity contribution in [2.45, 2.75) is 6.92 Å². The van der Waals surface area contributed by atoms with Crippen LogP contribution in [0, 0.1) is 6.92 Å². The maximum atomic E-state index is 12.2. The summed E-state index contributed by atoms with van der Waals surface area (Å²) in [5.41, 5.74) is 1.01. The molecule has 2 aromatic rings. The Bertz CT molecular complexity index is 728. The first kappa shape index (κ1) is 15.1. The Balaban J connectivity index is 2.41. The highest BCUT2D eigenvalue weighted by Gasteiger charge is 2.18. The summed E-state index contributed by atoms with van der Waals surface area (Å²) < 4.78 is 0.447. The van der Waals surface area contributed by atoms with Crippen molar-refractivity contribution in [3.8, 4) is 5.75 Å². The third-order valence-electron chi connectivity index (χ3n) is 2.88. The van der Waals surface area contributed by atoms with E-state index in [1.807, 2.05) is 0 Å². The van der Waals surface area contributed by atoms with Gasteiger partial charge in [-0.15, -0.1) is 0 Å². The molecule has 21 heavy (non-hydrogen) atoms. The molecule has 0 saturated heterocycles. The average Bonchev–Trinajstić information content (AvgIpc) is 2.43. The number of rotatable bonds is 3. The number of phenolic OH excluding ortho intramolecular Hbond substituents is 1. The molecule has 6 heteroatoms. The zero-order valence-corrected chi connectivity index (χ0v) is 12.6. The number of amides is 1. The Morgan fingerprint density at radius 2 is 1.86 bits per heavy atom. The Hall–Kier alpha value is -2.34. The third kappa shape index (κ3) is 3.22. The van der Waals surface area contributed by atoms with Crippen molar-refractivity contribution in [2.75, 3.05) is 5.32 Å². The molecule has 5 nitrogen and oxygen atoms in total. The summed E-state index contributed by atoms with van der Waals surface area (Å²) in [5, 5.41) is 21.4. The minimum absolute atomic E-state index is 0.0372. The number of carbonyl (C=O) groups is 2. The zero-order chi connectivity index (χ0) is 15.6. The van der Waals surface area contributed by atoms with Crippen LogP contribution in [0.2, 0.25) is 0 Å². The van der Waals surface area contributed by atoms with Gasteiger partial charge in [0.25, 0.3) is 5.91 Å². The van der Waals surface area contributed by atoms with Crippen LogP contribution in [0.15, 0.2) is 40.9 Å². The predicted octanol–water partition coefficient (Wildman–Crippen LogP) is 3.41. The van der Waals surface area contributed by atoms with Gasteiger partial charge in [-0.2, -0.15) is 0 Å². The van der Waals surface area contributed by atoms with Gasteiger partial charge in [-0.05, 0) is 47.1 Å². The number of para-hydroxylation sites is 1. The van der Waals surface area contributed by atoms with Gasteiger partial charge >= 0.3 is 5.97 Å². The molecule has 2 aromatic carbocycles. The summed E-state index contributed by atoms with van der Waals surface area (Å²) in [7, 11) is 0. The molecule has 0 fully saturated rings. The van der Waals surface area contributed by atoms with Crippen molar-refractivity contribution < 1.29 is 19.8 Å². The van der Waals surface area contributed by atoms with E-state index in [0.717, 1.165) is 5.56 Å². The van der Waals surface area contributed by atoms with Crippen LogP contribution in [-0.2, 0) is 0 Å². The van der Waals surface area contributed by atoms with Gasteiger partial charge in [-0.1, -0.05) is 17.7 Å². The van der Waals surface area contributed by atoms with Crippen LogP contribution in [0.25, 0.3) is 0 Å². The topological polar surface area (TPSA) is 86.6 Å². The van der Waals surface area contributed by atoms with Crippen LogP contribution in [-0.4, -0.2) is 22.1 Å². The number of halogens is 1. The van der Waals surface area contributed by atoms with Crippen LogP contribution >= 0.6 is 15.9 Å². The van der Waals surface area contributed by atoms with Crippen LogP contribution in [0.5, 0.6) is 5.75 Å². The van der Waals surface area contributed by atoms with E-state index in [1.165, 1.54) is 18.2 Å². The van der Waals surface area contributed by atoms with Gasteiger partial charge < -0.3 is 15.5 Å². The predicted molar refractivity (Wildman–Crippen MR) is 81.9 cm³/mol. The van der Waals surface area contributed by atoms with Gasteiger partial charge in [0.2, 0.25) is 0 Å². The molecular weight excluding hydrogens is 338 g/mol. The minimum Gasteiger partial charge on any atom is -0.507 e. The summed E-state index contributed by atoms with van der Waals surface area (Å²) in [4.78, 5) is 23.4.